The van der Waals surface area contributed by atoms with Crippen molar-refractivity contribution in [1.82, 2.24) is 5.32 Å². The molecule has 0 unspecified atom stereocenters. The van der Waals surface area contributed by atoms with Crippen LogP contribution in [0.4, 0.5) is 11.4 Å². The van der Waals surface area contributed by atoms with Crippen LogP contribution in [0.15, 0.2) is 109 Å². The van der Waals surface area contributed by atoms with Gasteiger partial charge in [0.1, 0.15) is 5.75 Å². The van der Waals surface area contributed by atoms with E-state index in [2.05, 4.69) is 28.1 Å². The van der Waals surface area contributed by atoms with Gasteiger partial charge in [0.05, 0.1) is 13.2 Å². The third-order valence-corrected chi connectivity index (χ3v) is 5.52. The highest BCUT2D eigenvalue weighted by Gasteiger charge is 2.07. The van der Waals surface area contributed by atoms with Crippen LogP contribution in [0, 0.1) is 0 Å². The molecule has 0 aliphatic rings. The Morgan fingerprint density at radius 1 is 0.694 bits per heavy atom. The van der Waals surface area contributed by atoms with Crippen molar-refractivity contribution in [3.8, 4) is 5.75 Å². The van der Waals surface area contributed by atoms with Crippen molar-refractivity contribution in [3.05, 3.63) is 126 Å². The maximum absolute atomic E-state index is 12.4. The fourth-order valence-corrected chi connectivity index (χ4v) is 3.60. The number of hydrogen-bond acceptors (Lipinski definition) is 4. The second kappa shape index (κ2) is 12.8. The van der Waals surface area contributed by atoms with E-state index in [-0.39, 0.29) is 18.4 Å². The average molecular weight is 480 g/mol. The highest BCUT2D eigenvalue weighted by Crippen LogP contribution is 2.18. The number of ether oxygens (including phenoxy) is 1. The highest BCUT2D eigenvalue weighted by molar-refractivity contribution is 5.95. The smallest absolute Gasteiger partial charge is 0.251 e. The van der Waals surface area contributed by atoms with Gasteiger partial charge in [0.15, 0.2) is 0 Å². The molecule has 0 saturated heterocycles. The molecule has 0 atom stereocenters. The van der Waals surface area contributed by atoms with Gasteiger partial charge < -0.3 is 20.7 Å². The van der Waals surface area contributed by atoms with Crippen LogP contribution in [0.5, 0.6) is 5.75 Å². The van der Waals surface area contributed by atoms with Crippen molar-refractivity contribution in [3.63, 3.8) is 0 Å². The highest BCUT2D eigenvalue weighted by atomic mass is 16.5. The molecule has 6 heteroatoms. The molecule has 4 aromatic rings. The summed E-state index contributed by atoms with van der Waals surface area (Å²) < 4.78 is 5.83. The quantitative estimate of drug-likeness (QED) is 0.273. The Bertz CT molecular complexity index is 1260. The van der Waals surface area contributed by atoms with E-state index in [0.29, 0.717) is 30.2 Å². The minimum Gasteiger partial charge on any atom is -0.493 e. The van der Waals surface area contributed by atoms with E-state index in [1.54, 1.807) is 24.3 Å². The minimum absolute atomic E-state index is 0.0959. The third-order valence-electron chi connectivity index (χ3n) is 5.52. The molecule has 0 aliphatic carbocycles. The maximum atomic E-state index is 12.4. The zero-order valence-electron chi connectivity index (χ0n) is 19.9. The van der Waals surface area contributed by atoms with Gasteiger partial charge in [0.25, 0.3) is 5.91 Å². The second-order valence-electron chi connectivity index (χ2n) is 8.26. The van der Waals surface area contributed by atoms with Gasteiger partial charge in [0.2, 0.25) is 5.91 Å². The van der Waals surface area contributed by atoms with Crippen LogP contribution >= 0.6 is 0 Å². The molecular formula is C30H29N3O3. The van der Waals surface area contributed by atoms with Crippen LogP contribution in [-0.2, 0) is 17.8 Å². The molecule has 36 heavy (non-hydrogen) atoms. The lowest BCUT2D eigenvalue weighted by Gasteiger charge is -2.11. The molecule has 3 N–H and O–H groups in total. The largest absolute Gasteiger partial charge is 0.493 e. The Labute approximate surface area is 211 Å². The molecule has 6 nitrogen and oxygen atoms in total. The van der Waals surface area contributed by atoms with E-state index in [4.69, 9.17) is 4.74 Å². The van der Waals surface area contributed by atoms with Gasteiger partial charge in [-0.2, -0.15) is 0 Å². The summed E-state index contributed by atoms with van der Waals surface area (Å²) in [6, 6.07) is 34.3. The molecular weight excluding hydrogens is 450 g/mol. The van der Waals surface area contributed by atoms with Crippen molar-refractivity contribution in [2.24, 2.45) is 0 Å². The van der Waals surface area contributed by atoms with Gasteiger partial charge in [-0.1, -0.05) is 66.7 Å². The van der Waals surface area contributed by atoms with E-state index in [0.717, 1.165) is 17.7 Å². The van der Waals surface area contributed by atoms with Crippen molar-refractivity contribution in [2.45, 2.75) is 13.0 Å². The van der Waals surface area contributed by atoms with Crippen LogP contribution in [-0.4, -0.2) is 25.0 Å². The van der Waals surface area contributed by atoms with Crippen LogP contribution < -0.4 is 20.7 Å². The molecule has 182 valence electrons. The van der Waals surface area contributed by atoms with E-state index in [9.17, 15) is 9.59 Å². The van der Waals surface area contributed by atoms with Gasteiger partial charge >= 0.3 is 0 Å². The molecule has 4 aromatic carbocycles. The summed E-state index contributed by atoms with van der Waals surface area (Å²) in [5.74, 6) is 0.382. The van der Waals surface area contributed by atoms with Gasteiger partial charge in [0, 0.05) is 36.0 Å². The molecule has 0 radical (unpaired) electrons. The number of hydrogen-bond donors (Lipinski definition) is 3. The van der Waals surface area contributed by atoms with Gasteiger partial charge in [-0.25, -0.2) is 0 Å². The Balaban J connectivity index is 1.20. The predicted molar refractivity (Wildman–Crippen MR) is 143 cm³/mol. The first kappa shape index (κ1) is 24.5. The van der Waals surface area contributed by atoms with Gasteiger partial charge in [-0.3, -0.25) is 9.59 Å². The summed E-state index contributed by atoms with van der Waals surface area (Å²) in [5, 5.41) is 8.86. The topological polar surface area (TPSA) is 79.5 Å². The SMILES string of the molecule is O=C(CNc1ccc(C(=O)NCc2ccccc2)cc1)Nc1cccc(OCCc2ccccc2)c1. The first-order chi connectivity index (χ1) is 17.7. The van der Waals surface area contributed by atoms with E-state index < -0.39 is 0 Å². The molecule has 0 spiro atoms. The lowest BCUT2D eigenvalue weighted by Crippen LogP contribution is -2.23. The van der Waals surface area contributed by atoms with Crippen LogP contribution in [0.2, 0.25) is 0 Å². The Hall–Kier alpha value is -4.58. The average Bonchev–Trinajstić information content (AvgIpc) is 2.92. The molecule has 0 fully saturated rings. The van der Waals surface area contributed by atoms with Crippen LogP contribution in [0.1, 0.15) is 21.5 Å². The number of rotatable bonds is 11. The molecule has 0 bridgehead atoms. The van der Waals surface area contributed by atoms with E-state index in [1.165, 1.54) is 5.56 Å². The monoisotopic (exact) mass is 479 g/mol. The van der Waals surface area contributed by atoms with E-state index >= 15 is 0 Å². The van der Waals surface area contributed by atoms with Crippen molar-refractivity contribution >= 4 is 23.2 Å². The van der Waals surface area contributed by atoms with Gasteiger partial charge in [-0.05, 0) is 47.5 Å². The summed E-state index contributed by atoms with van der Waals surface area (Å²) in [6.45, 7) is 1.13. The van der Waals surface area contributed by atoms with Crippen molar-refractivity contribution in [1.29, 1.82) is 0 Å². The Morgan fingerprint density at radius 2 is 1.39 bits per heavy atom. The van der Waals surface area contributed by atoms with E-state index in [1.807, 2.05) is 72.8 Å². The molecule has 0 saturated carbocycles. The standard InChI is InChI=1S/C30H29N3O3/c34-29(33-27-12-7-13-28(20-27)36-19-18-23-8-3-1-4-9-23)22-31-26-16-14-25(15-17-26)30(35)32-21-24-10-5-2-6-11-24/h1-17,20,31H,18-19,21-22H2,(H,32,35)(H,33,34). The number of nitrogens with one attached hydrogen (secondary N) is 3. The zero-order valence-corrected chi connectivity index (χ0v) is 19.9. The first-order valence-electron chi connectivity index (χ1n) is 11.9. The number of amides is 2. The fraction of sp³-hybridized carbons (Fsp3) is 0.133. The molecule has 0 aliphatic heterocycles. The van der Waals surface area contributed by atoms with Crippen molar-refractivity contribution in [2.75, 3.05) is 23.8 Å². The Kier molecular flexibility index (Phi) is 8.70. The lowest BCUT2D eigenvalue weighted by molar-refractivity contribution is -0.114. The molecule has 0 aromatic heterocycles. The number of carbonyl (C=O) groups excluding carboxylic acids is 2. The molecule has 4 rings (SSSR count). The van der Waals surface area contributed by atoms with Gasteiger partial charge in [-0.15, -0.1) is 0 Å². The number of benzene rings is 4. The molecule has 0 heterocycles. The Morgan fingerprint density at radius 3 is 2.11 bits per heavy atom. The van der Waals surface area contributed by atoms with Crippen LogP contribution in [0.25, 0.3) is 0 Å². The lowest BCUT2D eigenvalue weighted by atomic mass is 10.1. The summed E-state index contributed by atoms with van der Waals surface area (Å²) >= 11 is 0. The third kappa shape index (κ3) is 7.74. The zero-order chi connectivity index (χ0) is 25.0. The predicted octanol–water partition coefficient (Wildman–Crippen LogP) is 5.29. The molecule has 2 amide bonds. The minimum atomic E-state index is -0.180. The van der Waals surface area contributed by atoms with Crippen LogP contribution in [0.3, 0.4) is 0 Å². The first-order valence-corrected chi connectivity index (χ1v) is 11.9. The second-order valence-corrected chi connectivity index (χ2v) is 8.26. The maximum Gasteiger partial charge on any atom is 0.251 e. The van der Waals surface area contributed by atoms with Crippen molar-refractivity contribution < 1.29 is 14.3 Å². The summed E-state index contributed by atoms with van der Waals surface area (Å²) in [6.07, 6.45) is 0.814. The fourth-order valence-electron chi connectivity index (χ4n) is 3.60. The summed E-state index contributed by atoms with van der Waals surface area (Å²) in [4.78, 5) is 24.8. The summed E-state index contributed by atoms with van der Waals surface area (Å²) in [5.41, 5.74) is 4.24. The number of anilines is 2. The normalized spacial score (nSPS) is 10.3. The number of carbonyl (C=O) groups is 2. The summed E-state index contributed by atoms with van der Waals surface area (Å²) in [7, 11) is 0.